The van der Waals surface area contributed by atoms with E-state index in [1.54, 1.807) is 0 Å². The van der Waals surface area contributed by atoms with Gasteiger partial charge in [-0.15, -0.1) is 0 Å². The van der Waals surface area contributed by atoms with E-state index in [1.165, 1.54) is 0 Å². The van der Waals surface area contributed by atoms with Gasteiger partial charge in [0, 0.05) is 5.92 Å². The summed E-state index contributed by atoms with van der Waals surface area (Å²) in [5, 5.41) is 0. The minimum Gasteiger partial charge on any atom is -0.319 e. The molecular weight excluding hydrogens is 179 g/mol. The van der Waals surface area contributed by atoms with Crippen LogP contribution in [0.3, 0.4) is 0 Å². The number of hydrogen-bond acceptors (Lipinski definition) is 2. The Bertz CT molecular complexity index is 213. The Morgan fingerprint density at radius 3 is 2.08 bits per heavy atom. The molecule has 4 nitrogen and oxygen atoms in total. The molecule has 5 heteroatoms. The maximum Gasteiger partial charge on any atom is 0.391 e. The van der Waals surface area contributed by atoms with Crippen LogP contribution in [-0.2, 0) is 9.36 Å². The van der Waals surface area contributed by atoms with Gasteiger partial charge in [0.05, 0.1) is 0 Å². The van der Waals surface area contributed by atoms with Crippen LogP contribution in [0.15, 0.2) is 0 Å². The van der Waals surface area contributed by atoms with Crippen molar-refractivity contribution in [1.82, 2.24) is 0 Å². The molecule has 0 saturated heterocycles. The zero-order valence-corrected chi connectivity index (χ0v) is 7.67. The van der Waals surface area contributed by atoms with Crippen molar-refractivity contribution in [1.29, 1.82) is 0 Å². The summed E-state index contributed by atoms with van der Waals surface area (Å²) in [5.41, 5.74) is -0.859. The molecule has 0 aromatic heterocycles. The number of carbonyl (C=O) groups is 1. The SMILES string of the molecule is O=C(C1CCCCC1)P(=O)(O)O. The number of carbonyl (C=O) groups excluding carboxylic acids is 1. The Balaban J connectivity index is 2.57. The van der Waals surface area contributed by atoms with Crippen molar-refractivity contribution in [3.63, 3.8) is 0 Å². The van der Waals surface area contributed by atoms with E-state index in [9.17, 15) is 9.36 Å². The van der Waals surface area contributed by atoms with E-state index in [0.717, 1.165) is 19.3 Å². The van der Waals surface area contributed by atoms with Crippen LogP contribution < -0.4 is 0 Å². The zero-order valence-electron chi connectivity index (χ0n) is 6.77. The summed E-state index contributed by atoms with van der Waals surface area (Å²) < 4.78 is 10.6. The summed E-state index contributed by atoms with van der Waals surface area (Å²) in [7, 11) is -4.46. The van der Waals surface area contributed by atoms with Gasteiger partial charge in [0.1, 0.15) is 0 Å². The Kier molecular flexibility index (Phi) is 3.04. The minimum absolute atomic E-state index is 0.389. The molecule has 0 radical (unpaired) electrons. The minimum atomic E-state index is -4.46. The summed E-state index contributed by atoms with van der Waals surface area (Å²) in [5.74, 6) is -0.389. The Morgan fingerprint density at radius 2 is 1.67 bits per heavy atom. The Morgan fingerprint density at radius 1 is 1.17 bits per heavy atom. The molecule has 0 spiro atoms. The van der Waals surface area contributed by atoms with E-state index in [1.807, 2.05) is 0 Å². The monoisotopic (exact) mass is 192 g/mol. The molecule has 1 aliphatic rings. The molecule has 0 unspecified atom stereocenters. The molecule has 0 aromatic carbocycles. The predicted molar refractivity (Wildman–Crippen MR) is 43.6 cm³/mol. The van der Waals surface area contributed by atoms with Crippen LogP contribution in [0, 0.1) is 5.92 Å². The first-order chi connectivity index (χ1) is 5.52. The smallest absolute Gasteiger partial charge is 0.319 e. The fourth-order valence-electron chi connectivity index (χ4n) is 1.59. The molecule has 1 fully saturated rings. The summed E-state index contributed by atoms with van der Waals surface area (Å²) in [6.07, 6.45) is 4.19. The van der Waals surface area contributed by atoms with Gasteiger partial charge in [0.25, 0.3) is 0 Å². The van der Waals surface area contributed by atoms with E-state index >= 15 is 0 Å². The zero-order chi connectivity index (χ0) is 9.19. The fourth-order valence-corrected chi connectivity index (χ4v) is 2.32. The fraction of sp³-hybridized carbons (Fsp3) is 0.857. The first-order valence-electron chi connectivity index (χ1n) is 4.12. The topological polar surface area (TPSA) is 74.6 Å². The van der Waals surface area contributed by atoms with Crippen molar-refractivity contribution in [2.75, 3.05) is 0 Å². The van der Waals surface area contributed by atoms with Crippen molar-refractivity contribution < 1.29 is 19.1 Å². The second-order valence-corrected chi connectivity index (χ2v) is 4.75. The second kappa shape index (κ2) is 3.69. The Labute approximate surface area is 71.1 Å². The van der Waals surface area contributed by atoms with Crippen LogP contribution in [0.5, 0.6) is 0 Å². The van der Waals surface area contributed by atoms with E-state index < -0.39 is 13.1 Å². The van der Waals surface area contributed by atoms with Gasteiger partial charge in [0.15, 0.2) is 0 Å². The van der Waals surface area contributed by atoms with Gasteiger partial charge in [-0.05, 0) is 12.8 Å². The molecule has 0 bridgehead atoms. The van der Waals surface area contributed by atoms with Gasteiger partial charge >= 0.3 is 7.60 Å². The largest absolute Gasteiger partial charge is 0.391 e. The summed E-state index contributed by atoms with van der Waals surface area (Å²) in [4.78, 5) is 28.3. The molecule has 1 rings (SSSR count). The lowest BCUT2D eigenvalue weighted by molar-refractivity contribution is -0.117. The van der Waals surface area contributed by atoms with Crippen LogP contribution in [-0.4, -0.2) is 15.3 Å². The van der Waals surface area contributed by atoms with E-state index in [0.29, 0.717) is 12.8 Å². The predicted octanol–water partition coefficient (Wildman–Crippen LogP) is 1.27. The first kappa shape index (κ1) is 9.90. The van der Waals surface area contributed by atoms with Crippen molar-refractivity contribution in [3.8, 4) is 0 Å². The summed E-state index contributed by atoms with van der Waals surface area (Å²) in [6.45, 7) is 0. The quantitative estimate of drug-likeness (QED) is 0.646. The van der Waals surface area contributed by atoms with Crippen LogP contribution in [0.25, 0.3) is 0 Å². The number of hydrogen-bond donors (Lipinski definition) is 2. The highest BCUT2D eigenvalue weighted by atomic mass is 31.2. The molecule has 0 aromatic rings. The summed E-state index contributed by atoms with van der Waals surface area (Å²) >= 11 is 0. The second-order valence-electron chi connectivity index (χ2n) is 3.22. The molecular formula is C7H13O4P. The van der Waals surface area contributed by atoms with Crippen LogP contribution in [0.4, 0.5) is 0 Å². The third kappa shape index (κ3) is 2.41. The van der Waals surface area contributed by atoms with Gasteiger partial charge in [-0.3, -0.25) is 9.36 Å². The third-order valence-electron chi connectivity index (χ3n) is 2.24. The van der Waals surface area contributed by atoms with Gasteiger partial charge in [-0.2, -0.15) is 0 Å². The van der Waals surface area contributed by atoms with Crippen molar-refractivity contribution >= 4 is 13.1 Å². The Hall–Kier alpha value is -0.180. The van der Waals surface area contributed by atoms with Gasteiger partial charge in [-0.1, -0.05) is 19.3 Å². The molecule has 1 aliphatic carbocycles. The van der Waals surface area contributed by atoms with Crippen LogP contribution in [0.2, 0.25) is 0 Å². The van der Waals surface area contributed by atoms with Gasteiger partial charge in [0.2, 0.25) is 5.52 Å². The van der Waals surface area contributed by atoms with E-state index in [2.05, 4.69) is 0 Å². The maximum absolute atomic E-state index is 11.1. The molecule has 0 atom stereocenters. The lowest BCUT2D eigenvalue weighted by Gasteiger charge is -2.19. The molecule has 0 amide bonds. The van der Waals surface area contributed by atoms with Gasteiger partial charge < -0.3 is 9.79 Å². The van der Waals surface area contributed by atoms with Crippen molar-refractivity contribution in [3.05, 3.63) is 0 Å². The van der Waals surface area contributed by atoms with E-state index in [-0.39, 0.29) is 5.92 Å². The molecule has 1 saturated carbocycles. The number of rotatable bonds is 2. The lowest BCUT2D eigenvalue weighted by atomic mass is 9.90. The normalized spacial score (nSPS) is 20.8. The highest BCUT2D eigenvalue weighted by molar-refractivity contribution is 7.70. The highest BCUT2D eigenvalue weighted by Crippen LogP contribution is 2.42. The molecule has 0 heterocycles. The molecule has 2 N–H and O–H groups in total. The van der Waals surface area contributed by atoms with Crippen molar-refractivity contribution in [2.45, 2.75) is 32.1 Å². The van der Waals surface area contributed by atoms with Crippen LogP contribution >= 0.6 is 7.60 Å². The molecule has 12 heavy (non-hydrogen) atoms. The lowest BCUT2D eigenvalue weighted by Crippen LogP contribution is -2.17. The van der Waals surface area contributed by atoms with E-state index in [4.69, 9.17) is 9.79 Å². The maximum atomic E-state index is 11.1. The average molecular weight is 192 g/mol. The molecule has 0 aliphatic heterocycles. The molecule has 70 valence electrons. The first-order valence-corrected chi connectivity index (χ1v) is 5.73. The van der Waals surface area contributed by atoms with Gasteiger partial charge in [-0.25, -0.2) is 0 Å². The standard InChI is InChI=1S/C7H13O4P/c8-7(12(9,10)11)6-4-2-1-3-5-6/h6H,1-5H2,(H2,9,10,11). The summed E-state index contributed by atoms with van der Waals surface area (Å²) in [6, 6.07) is 0. The average Bonchev–Trinajstić information content (AvgIpc) is 2.03. The van der Waals surface area contributed by atoms with Crippen molar-refractivity contribution in [2.24, 2.45) is 5.92 Å². The van der Waals surface area contributed by atoms with Crippen LogP contribution in [0.1, 0.15) is 32.1 Å². The highest BCUT2D eigenvalue weighted by Gasteiger charge is 2.33. The third-order valence-corrected chi connectivity index (χ3v) is 3.18.